The minimum atomic E-state index is 1.18. The van der Waals surface area contributed by atoms with E-state index >= 15 is 0 Å². The standard InChI is InChI=1S/C29H22N2/c1-30(22-11-4-2-5-12-22)24-17-19-28-27(20-24)26-18-16-21-10-8-9-15-25(21)29(26)31(28)23-13-6-3-7-14-23/h2-20H,1H3. The van der Waals surface area contributed by atoms with E-state index in [2.05, 4.69) is 132 Å². The SMILES string of the molecule is CN(c1ccccc1)c1ccc2c(c1)c1ccc3ccccc3c1n2-c1ccccc1. The second-order valence-electron chi connectivity index (χ2n) is 7.95. The molecule has 0 unspecified atom stereocenters. The summed E-state index contributed by atoms with van der Waals surface area (Å²) in [5, 5.41) is 5.08. The molecule has 0 spiro atoms. The third-order valence-corrected chi connectivity index (χ3v) is 6.18. The van der Waals surface area contributed by atoms with Gasteiger partial charge in [0.15, 0.2) is 0 Å². The summed E-state index contributed by atoms with van der Waals surface area (Å²) in [6, 6.07) is 41.1. The van der Waals surface area contributed by atoms with Crippen LogP contribution in [0.15, 0.2) is 115 Å². The third-order valence-electron chi connectivity index (χ3n) is 6.18. The molecule has 0 aliphatic carbocycles. The Bertz CT molecular complexity index is 1530. The third kappa shape index (κ3) is 2.80. The highest BCUT2D eigenvalue weighted by atomic mass is 15.1. The lowest BCUT2D eigenvalue weighted by Crippen LogP contribution is -2.08. The average molecular weight is 399 g/mol. The lowest BCUT2D eigenvalue weighted by atomic mass is 10.1. The summed E-state index contributed by atoms with van der Waals surface area (Å²) in [6.45, 7) is 0. The van der Waals surface area contributed by atoms with E-state index in [1.165, 1.54) is 49.6 Å². The number of anilines is 2. The summed E-state index contributed by atoms with van der Waals surface area (Å²) >= 11 is 0. The fourth-order valence-electron chi connectivity index (χ4n) is 4.62. The Morgan fingerprint density at radius 3 is 2.06 bits per heavy atom. The maximum Gasteiger partial charge on any atom is 0.0619 e. The summed E-state index contributed by atoms with van der Waals surface area (Å²) in [4.78, 5) is 2.24. The number of hydrogen-bond donors (Lipinski definition) is 0. The molecule has 0 amide bonds. The molecule has 2 heteroatoms. The molecule has 0 aliphatic heterocycles. The van der Waals surface area contributed by atoms with Crippen LogP contribution in [-0.2, 0) is 0 Å². The van der Waals surface area contributed by atoms with E-state index in [1.807, 2.05) is 0 Å². The molecule has 0 fully saturated rings. The molecule has 0 bridgehead atoms. The zero-order chi connectivity index (χ0) is 20.8. The van der Waals surface area contributed by atoms with E-state index < -0.39 is 0 Å². The fourth-order valence-corrected chi connectivity index (χ4v) is 4.62. The quantitative estimate of drug-likeness (QED) is 0.296. The topological polar surface area (TPSA) is 8.17 Å². The van der Waals surface area contributed by atoms with Gasteiger partial charge in [-0.15, -0.1) is 0 Å². The molecule has 0 saturated carbocycles. The Kier molecular flexibility index (Phi) is 4.03. The second-order valence-corrected chi connectivity index (χ2v) is 7.95. The maximum absolute atomic E-state index is 2.40. The van der Waals surface area contributed by atoms with Gasteiger partial charge < -0.3 is 9.47 Å². The Balaban J connectivity index is 1.69. The summed E-state index contributed by atoms with van der Waals surface area (Å²) in [7, 11) is 2.13. The van der Waals surface area contributed by atoms with Crippen LogP contribution in [0.3, 0.4) is 0 Å². The van der Waals surface area contributed by atoms with Gasteiger partial charge in [0, 0.05) is 40.3 Å². The van der Waals surface area contributed by atoms with Crippen molar-refractivity contribution in [3.63, 3.8) is 0 Å². The monoisotopic (exact) mass is 398 g/mol. The van der Waals surface area contributed by atoms with Gasteiger partial charge in [0.25, 0.3) is 0 Å². The van der Waals surface area contributed by atoms with Crippen LogP contribution in [-0.4, -0.2) is 11.6 Å². The van der Waals surface area contributed by atoms with Crippen molar-refractivity contribution in [3.8, 4) is 5.69 Å². The molecule has 6 rings (SSSR count). The van der Waals surface area contributed by atoms with E-state index in [0.717, 1.165) is 0 Å². The summed E-state index contributed by atoms with van der Waals surface area (Å²) < 4.78 is 2.40. The molecule has 0 N–H and O–H groups in total. The molecule has 0 aliphatic rings. The zero-order valence-corrected chi connectivity index (χ0v) is 17.4. The van der Waals surface area contributed by atoms with Crippen molar-refractivity contribution in [2.24, 2.45) is 0 Å². The molecular weight excluding hydrogens is 376 g/mol. The molecule has 148 valence electrons. The van der Waals surface area contributed by atoms with Crippen molar-refractivity contribution in [2.75, 3.05) is 11.9 Å². The van der Waals surface area contributed by atoms with Gasteiger partial charge >= 0.3 is 0 Å². The number of benzene rings is 5. The van der Waals surface area contributed by atoms with E-state index in [1.54, 1.807) is 0 Å². The van der Waals surface area contributed by atoms with Crippen LogP contribution in [0.2, 0.25) is 0 Å². The highest BCUT2D eigenvalue weighted by molar-refractivity contribution is 6.19. The van der Waals surface area contributed by atoms with Crippen LogP contribution in [0.5, 0.6) is 0 Å². The van der Waals surface area contributed by atoms with Gasteiger partial charge in [0.2, 0.25) is 0 Å². The summed E-state index contributed by atoms with van der Waals surface area (Å²) in [5.41, 5.74) is 6.03. The van der Waals surface area contributed by atoms with Gasteiger partial charge in [0.05, 0.1) is 11.0 Å². The van der Waals surface area contributed by atoms with E-state index in [-0.39, 0.29) is 0 Å². The molecule has 1 heterocycles. The van der Waals surface area contributed by atoms with Gasteiger partial charge in [-0.3, -0.25) is 0 Å². The van der Waals surface area contributed by atoms with Crippen LogP contribution in [0.25, 0.3) is 38.3 Å². The molecule has 6 aromatic rings. The molecule has 31 heavy (non-hydrogen) atoms. The van der Waals surface area contributed by atoms with Crippen molar-refractivity contribution in [1.29, 1.82) is 0 Å². The van der Waals surface area contributed by atoms with Crippen molar-refractivity contribution >= 4 is 44.0 Å². The number of para-hydroxylation sites is 2. The lowest BCUT2D eigenvalue weighted by molar-refractivity contribution is 1.18. The minimum absolute atomic E-state index is 1.18. The molecular formula is C29H22N2. The lowest BCUT2D eigenvalue weighted by Gasteiger charge is -2.19. The van der Waals surface area contributed by atoms with Crippen LogP contribution < -0.4 is 4.90 Å². The van der Waals surface area contributed by atoms with Crippen LogP contribution in [0.1, 0.15) is 0 Å². The molecule has 1 aromatic heterocycles. The molecule has 5 aromatic carbocycles. The summed E-state index contributed by atoms with van der Waals surface area (Å²) in [6.07, 6.45) is 0. The highest BCUT2D eigenvalue weighted by Gasteiger charge is 2.16. The van der Waals surface area contributed by atoms with Gasteiger partial charge in [0.1, 0.15) is 0 Å². The number of aromatic nitrogens is 1. The van der Waals surface area contributed by atoms with Crippen molar-refractivity contribution in [2.45, 2.75) is 0 Å². The van der Waals surface area contributed by atoms with Gasteiger partial charge in [-0.25, -0.2) is 0 Å². The van der Waals surface area contributed by atoms with Gasteiger partial charge in [-0.2, -0.15) is 0 Å². The largest absolute Gasteiger partial charge is 0.345 e. The van der Waals surface area contributed by atoms with E-state index in [0.29, 0.717) is 0 Å². The van der Waals surface area contributed by atoms with Crippen LogP contribution in [0.4, 0.5) is 11.4 Å². The Hall–Kier alpha value is -4.04. The van der Waals surface area contributed by atoms with Crippen molar-refractivity contribution in [1.82, 2.24) is 4.57 Å². The van der Waals surface area contributed by atoms with Gasteiger partial charge in [-0.1, -0.05) is 72.8 Å². The predicted octanol–water partition coefficient (Wildman–Crippen LogP) is 7.70. The van der Waals surface area contributed by atoms with Crippen molar-refractivity contribution in [3.05, 3.63) is 115 Å². The molecule has 2 nitrogen and oxygen atoms in total. The van der Waals surface area contributed by atoms with Crippen LogP contribution >= 0.6 is 0 Å². The first-order valence-corrected chi connectivity index (χ1v) is 10.6. The Labute approximate surface area is 181 Å². The minimum Gasteiger partial charge on any atom is -0.345 e. The number of nitrogens with zero attached hydrogens (tertiary/aromatic N) is 2. The first-order chi connectivity index (χ1) is 15.3. The van der Waals surface area contributed by atoms with E-state index in [9.17, 15) is 0 Å². The molecule has 0 atom stereocenters. The predicted molar refractivity (Wildman–Crippen MR) is 133 cm³/mol. The Morgan fingerprint density at radius 2 is 1.26 bits per heavy atom. The normalized spacial score (nSPS) is 11.4. The second kappa shape index (κ2) is 7.03. The molecule has 0 saturated heterocycles. The van der Waals surface area contributed by atoms with Crippen molar-refractivity contribution < 1.29 is 0 Å². The number of hydrogen-bond acceptors (Lipinski definition) is 1. The first kappa shape index (κ1) is 17.8. The number of fused-ring (bicyclic) bond motifs is 5. The van der Waals surface area contributed by atoms with Crippen LogP contribution in [0, 0.1) is 0 Å². The zero-order valence-electron chi connectivity index (χ0n) is 17.4. The average Bonchev–Trinajstić information content (AvgIpc) is 3.19. The number of rotatable bonds is 3. The summed E-state index contributed by atoms with van der Waals surface area (Å²) in [5.74, 6) is 0. The van der Waals surface area contributed by atoms with Gasteiger partial charge in [-0.05, 0) is 47.9 Å². The van der Waals surface area contributed by atoms with E-state index in [4.69, 9.17) is 0 Å². The Morgan fingerprint density at radius 1 is 0.548 bits per heavy atom. The fraction of sp³-hybridized carbons (Fsp3) is 0.0345. The highest BCUT2D eigenvalue weighted by Crippen LogP contribution is 2.38. The first-order valence-electron chi connectivity index (χ1n) is 10.6. The maximum atomic E-state index is 2.40. The smallest absolute Gasteiger partial charge is 0.0619 e. The molecule has 0 radical (unpaired) electrons.